The molecular weight excluding hydrogens is 360 g/mol. The summed E-state index contributed by atoms with van der Waals surface area (Å²) >= 11 is 0. The number of rotatable bonds is 6. The summed E-state index contributed by atoms with van der Waals surface area (Å²) in [4.78, 5) is 35.0. The molecule has 3 rings (SSSR count). The molecule has 0 unspecified atom stereocenters. The summed E-state index contributed by atoms with van der Waals surface area (Å²) < 4.78 is 0. The lowest BCUT2D eigenvalue weighted by molar-refractivity contribution is -0.384. The van der Waals surface area contributed by atoms with Crippen LogP contribution in [0.1, 0.15) is 22.8 Å². The topological polar surface area (TPSA) is 110 Å². The van der Waals surface area contributed by atoms with E-state index in [2.05, 4.69) is 5.32 Å². The number of carbonyl (C=O) groups excluding carboxylic acids is 1. The van der Waals surface area contributed by atoms with E-state index in [1.807, 2.05) is 24.3 Å². The summed E-state index contributed by atoms with van der Waals surface area (Å²) in [5, 5.41) is 24.7. The summed E-state index contributed by atoms with van der Waals surface area (Å²) in [6.07, 6.45) is -0.0170. The number of non-ortho nitro benzene ring substituents is 1. The van der Waals surface area contributed by atoms with Gasteiger partial charge in [-0.1, -0.05) is 48.5 Å². The molecule has 7 heteroatoms. The number of nitro benzene ring substituents is 1. The van der Waals surface area contributed by atoms with Gasteiger partial charge in [-0.05, 0) is 29.3 Å². The Labute approximate surface area is 160 Å². The van der Waals surface area contributed by atoms with Crippen molar-refractivity contribution in [2.24, 2.45) is 0 Å². The van der Waals surface area contributed by atoms with Crippen molar-refractivity contribution in [3.8, 4) is 0 Å². The number of carbonyl (C=O) groups is 2. The Morgan fingerprint density at radius 3 is 2.32 bits per heavy atom. The monoisotopic (exact) mass is 378 g/mol. The highest BCUT2D eigenvalue weighted by molar-refractivity contribution is 6.08. The highest BCUT2D eigenvalue weighted by atomic mass is 16.6. The van der Waals surface area contributed by atoms with Gasteiger partial charge in [-0.15, -0.1) is 0 Å². The maximum atomic E-state index is 12.8. The molecule has 142 valence electrons. The lowest BCUT2D eigenvalue weighted by Crippen LogP contribution is -2.53. The summed E-state index contributed by atoms with van der Waals surface area (Å²) in [7, 11) is 0. The summed E-state index contributed by atoms with van der Waals surface area (Å²) in [6.45, 7) is 1.42. The van der Waals surface area contributed by atoms with Crippen molar-refractivity contribution in [3.63, 3.8) is 0 Å². The van der Waals surface area contributed by atoms with E-state index in [-0.39, 0.29) is 12.1 Å². The van der Waals surface area contributed by atoms with Crippen LogP contribution in [-0.4, -0.2) is 27.4 Å². The fourth-order valence-corrected chi connectivity index (χ4v) is 3.06. The zero-order valence-corrected chi connectivity index (χ0v) is 15.1. The third-order valence-electron chi connectivity index (χ3n) is 4.60. The number of nitrogens with one attached hydrogen (secondary N) is 1. The predicted molar refractivity (Wildman–Crippen MR) is 104 cm³/mol. The Morgan fingerprint density at radius 2 is 1.68 bits per heavy atom. The lowest BCUT2D eigenvalue weighted by atomic mass is 9.92. The van der Waals surface area contributed by atoms with E-state index in [0.29, 0.717) is 11.1 Å². The van der Waals surface area contributed by atoms with Crippen LogP contribution in [-0.2, 0) is 11.2 Å². The summed E-state index contributed by atoms with van der Waals surface area (Å²) in [6, 6.07) is 18.2. The Kier molecular flexibility index (Phi) is 5.08. The van der Waals surface area contributed by atoms with Crippen molar-refractivity contribution in [2.45, 2.75) is 18.9 Å². The number of carboxylic acid groups (broad SMARTS) is 1. The number of carboxylic acids is 1. The van der Waals surface area contributed by atoms with Crippen LogP contribution in [0.25, 0.3) is 10.8 Å². The number of amides is 1. The molecule has 2 N–H and O–H groups in total. The molecule has 0 heterocycles. The molecule has 0 aliphatic rings. The molecule has 3 aromatic rings. The normalized spacial score (nSPS) is 12.9. The van der Waals surface area contributed by atoms with Crippen molar-refractivity contribution in [2.75, 3.05) is 0 Å². The molecule has 1 atom stereocenters. The van der Waals surface area contributed by atoms with Gasteiger partial charge in [0.1, 0.15) is 5.54 Å². The van der Waals surface area contributed by atoms with Crippen molar-refractivity contribution in [1.29, 1.82) is 0 Å². The van der Waals surface area contributed by atoms with E-state index in [4.69, 9.17) is 0 Å². The van der Waals surface area contributed by atoms with Crippen LogP contribution < -0.4 is 5.32 Å². The molecule has 0 spiro atoms. The first-order chi connectivity index (χ1) is 13.3. The Morgan fingerprint density at radius 1 is 1.04 bits per heavy atom. The van der Waals surface area contributed by atoms with Gasteiger partial charge in [-0.2, -0.15) is 0 Å². The second-order valence-corrected chi connectivity index (χ2v) is 6.72. The van der Waals surface area contributed by atoms with Crippen molar-refractivity contribution >= 4 is 28.3 Å². The van der Waals surface area contributed by atoms with Crippen LogP contribution in [0.4, 0.5) is 5.69 Å². The SMILES string of the molecule is C[C@@](Cc1ccc([N+](=O)[O-])cc1)(NC(=O)c1cccc2ccccc12)C(=O)O. The zero-order chi connectivity index (χ0) is 20.3. The Bertz CT molecular complexity index is 1060. The molecule has 0 radical (unpaired) electrons. The average Bonchev–Trinajstić information content (AvgIpc) is 2.67. The average molecular weight is 378 g/mol. The second kappa shape index (κ2) is 7.48. The molecule has 3 aromatic carbocycles. The molecule has 0 bridgehead atoms. The molecule has 7 nitrogen and oxygen atoms in total. The van der Waals surface area contributed by atoms with E-state index in [1.54, 1.807) is 18.2 Å². The Hall–Kier alpha value is -3.74. The number of hydrogen-bond donors (Lipinski definition) is 2. The third-order valence-corrected chi connectivity index (χ3v) is 4.60. The number of hydrogen-bond acceptors (Lipinski definition) is 4. The van der Waals surface area contributed by atoms with Crippen LogP contribution in [0.3, 0.4) is 0 Å². The van der Waals surface area contributed by atoms with Crippen LogP contribution in [0.5, 0.6) is 0 Å². The minimum Gasteiger partial charge on any atom is -0.480 e. The smallest absolute Gasteiger partial charge is 0.329 e. The van der Waals surface area contributed by atoms with Gasteiger partial charge in [0.2, 0.25) is 0 Å². The van der Waals surface area contributed by atoms with Gasteiger partial charge in [0, 0.05) is 24.1 Å². The second-order valence-electron chi connectivity index (χ2n) is 6.72. The molecule has 0 aromatic heterocycles. The number of fused-ring (bicyclic) bond motifs is 1. The molecule has 28 heavy (non-hydrogen) atoms. The lowest BCUT2D eigenvalue weighted by Gasteiger charge is -2.26. The van der Waals surface area contributed by atoms with Gasteiger partial charge in [0.25, 0.3) is 11.6 Å². The molecule has 0 saturated heterocycles. The number of nitro groups is 1. The zero-order valence-electron chi connectivity index (χ0n) is 15.1. The van der Waals surface area contributed by atoms with Gasteiger partial charge in [-0.25, -0.2) is 4.79 Å². The van der Waals surface area contributed by atoms with E-state index in [0.717, 1.165) is 10.8 Å². The van der Waals surface area contributed by atoms with Crippen LogP contribution in [0.15, 0.2) is 66.7 Å². The van der Waals surface area contributed by atoms with Gasteiger partial charge in [-0.3, -0.25) is 14.9 Å². The van der Waals surface area contributed by atoms with Crippen molar-refractivity contribution in [1.82, 2.24) is 5.32 Å². The van der Waals surface area contributed by atoms with Crippen LogP contribution >= 0.6 is 0 Å². The quantitative estimate of drug-likeness (QED) is 0.503. The van der Waals surface area contributed by atoms with E-state index in [1.165, 1.54) is 31.2 Å². The first-order valence-corrected chi connectivity index (χ1v) is 8.57. The fraction of sp³-hybridized carbons (Fsp3) is 0.143. The minimum absolute atomic E-state index is 0.0170. The maximum absolute atomic E-state index is 12.8. The van der Waals surface area contributed by atoms with Gasteiger partial charge in [0.15, 0.2) is 0 Å². The molecular formula is C21H18N2O5. The third kappa shape index (κ3) is 3.83. The first-order valence-electron chi connectivity index (χ1n) is 8.57. The molecule has 0 saturated carbocycles. The first kappa shape index (κ1) is 19.0. The van der Waals surface area contributed by atoms with Gasteiger partial charge in [0.05, 0.1) is 4.92 Å². The largest absolute Gasteiger partial charge is 0.480 e. The number of benzene rings is 3. The highest BCUT2D eigenvalue weighted by Crippen LogP contribution is 2.21. The Balaban J connectivity index is 1.88. The fourth-order valence-electron chi connectivity index (χ4n) is 3.06. The summed E-state index contributed by atoms with van der Waals surface area (Å²) in [5.74, 6) is -1.69. The van der Waals surface area contributed by atoms with Gasteiger partial charge >= 0.3 is 5.97 Å². The highest BCUT2D eigenvalue weighted by Gasteiger charge is 2.35. The van der Waals surface area contributed by atoms with E-state index in [9.17, 15) is 24.8 Å². The van der Waals surface area contributed by atoms with Crippen molar-refractivity contribution < 1.29 is 19.6 Å². The molecule has 0 aliphatic heterocycles. The number of aliphatic carboxylic acids is 1. The van der Waals surface area contributed by atoms with Crippen LogP contribution in [0, 0.1) is 10.1 Å². The van der Waals surface area contributed by atoms with Gasteiger partial charge < -0.3 is 10.4 Å². The predicted octanol–water partition coefficient (Wildman–Crippen LogP) is 3.56. The number of nitrogens with zero attached hydrogens (tertiary/aromatic N) is 1. The summed E-state index contributed by atoms with van der Waals surface area (Å²) in [5.41, 5.74) is -0.715. The minimum atomic E-state index is -1.58. The van der Waals surface area contributed by atoms with Crippen LogP contribution in [0.2, 0.25) is 0 Å². The maximum Gasteiger partial charge on any atom is 0.329 e. The van der Waals surface area contributed by atoms with E-state index < -0.39 is 22.3 Å². The van der Waals surface area contributed by atoms with Crippen molar-refractivity contribution in [3.05, 3.63) is 88.0 Å². The molecule has 0 aliphatic carbocycles. The van der Waals surface area contributed by atoms with E-state index >= 15 is 0 Å². The molecule has 0 fully saturated rings. The standard InChI is InChI=1S/C21H18N2O5/c1-21(20(25)26,13-14-9-11-16(12-10-14)23(27)28)22-19(24)18-8-4-6-15-5-2-3-7-17(15)18/h2-12H,13H2,1H3,(H,22,24)(H,25,26)/t21-/m0/s1. The molecule has 1 amide bonds.